The van der Waals surface area contributed by atoms with Crippen LogP contribution in [0.5, 0.6) is 0 Å². The normalized spacial score (nSPS) is 10.6. The Balaban J connectivity index is 2.15. The summed E-state index contributed by atoms with van der Waals surface area (Å²) in [6, 6.07) is 15.0. The molecule has 3 aromatic rings. The van der Waals surface area contributed by atoms with Gasteiger partial charge in [0.05, 0.1) is 16.2 Å². The van der Waals surface area contributed by atoms with Gasteiger partial charge in [-0.15, -0.1) is 0 Å². The standard InChI is InChI=1S/C17H15N3O2/c1-12-3-5-13(6-4-12)14-7-8-17(20(21)22)15(11-14)16-9-10-19(2)18-16/h3-11H,1-2H3. The maximum absolute atomic E-state index is 11.3. The van der Waals surface area contributed by atoms with Crippen LogP contribution in [0.4, 0.5) is 5.69 Å². The molecule has 0 aliphatic rings. The molecule has 5 nitrogen and oxygen atoms in total. The van der Waals surface area contributed by atoms with Crippen molar-refractivity contribution in [2.24, 2.45) is 7.05 Å². The highest BCUT2D eigenvalue weighted by molar-refractivity contribution is 5.78. The zero-order chi connectivity index (χ0) is 15.7. The van der Waals surface area contributed by atoms with Gasteiger partial charge < -0.3 is 0 Å². The molecule has 0 N–H and O–H groups in total. The smallest absolute Gasteiger partial charge is 0.275 e. The quantitative estimate of drug-likeness (QED) is 0.542. The van der Waals surface area contributed by atoms with E-state index in [1.54, 1.807) is 36.1 Å². The van der Waals surface area contributed by atoms with Crippen LogP contribution in [-0.2, 0) is 7.05 Å². The topological polar surface area (TPSA) is 61.0 Å². The molecule has 3 rings (SSSR count). The van der Waals surface area contributed by atoms with Gasteiger partial charge in [-0.25, -0.2) is 0 Å². The maximum atomic E-state index is 11.3. The van der Waals surface area contributed by atoms with E-state index in [0.29, 0.717) is 11.3 Å². The van der Waals surface area contributed by atoms with Crippen LogP contribution in [0.25, 0.3) is 22.4 Å². The Bertz CT molecular complexity index is 835. The first-order chi connectivity index (χ1) is 10.5. The van der Waals surface area contributed by atoms with E-state index < -0.39 is 0 Å². The van der Waals surface area contributed by atoms with E-state index >= 15 is 0 Å². The first kappa shape index (κ1) is 14.0. The van der Waals surface area contributed by atoms with Gasteiger partial charge in [-0.05, 0) is 36.2 Å². The van der Waals surface area contributed by atoms with Gasteiger partial charge in [-0.2, -0.15) is 5.10 Å². The van der Waals surface area contributed by atoms with E-state index in [2.05, 4.69) is 5.10 Å². The number of hydrogen-bond donors (Lipinski definition) is 0. The summed E-state index contributed by atoms with van der Waals surface area (Å²) in [7, 11) is 1.79. The van der Waals surface area contributed by atoms with Crippen molar-refractivity contribution in [3.63, 3.8) is 0 Å². The van der Waals surface area contributed by atoms with E-state index in [4.69, 9.17) is 0 Å². The number of nitro groups is 1. The molecule has 0 fully saturated rings. The van der Waals surface area contributed by atoms with E-state index in [0.717, 1.165) is 11.1 Å². The summed E-state index contributed by atoms with van der Waals surface area (Å²) in [5.41, 5.74) is 4.33. The summed E-state index contributed by atoms with van der Waals surface area (Å²) in [6.45, 7) is 2.03. The van der Waals surface area contributed by atoms with Crippen molar-refractivity contribution in [1.82, 2.24) is 9.78 Å². The van der Waals surface area contributed by atoms with Gasteiger partial charge in [0, 0.05) is 19.3 Å². The third-order valence-corrected chi connectivity index (χ3v) is 3.57. The van der Waals surface area contributed by atoms with Crippen molar-refractivity contribution in [2.75, 3.05) is 0 Å². The second kappa shape index (κ2) is 5.44. The molecule has 0 atom stereocenters. The molecular formula is C17H15N3O2. The third-order valence-electron chi connectivity index (χ3n) is 3.57. The minimum Gasteiger partial charge on any atom is -0.275 e. The van der Waals surface area contributed by atoms with Crippen LogP contribution in [0, 0.1) is 17.0 Å². The fourth-order valence-corrected chi connectivity index (χ4v) is 2.38. The fourth-order valence-electron chi connectivity index (χ4n) is 2.38. The van der Waals surface area contributed by atoms with Gasteiger partial charge in [0.2, 0.25) is 0 Å². The zero-order valence-corrected chi connectivity index (χ0v) is 12.4. The van der Waals surface area contributed by atoms with Crippen LogP contribution >= 0.6 is 0 Å². The molecule has 0 aliphatic heterocycles. The Morgan fingerprint density at radius 1 is 1.05 bits per heavy atom. The number of aryl methyl sites for hydroxylation is 2. The predicted octanol–water partition coefficient (Wildman–Crippen LogP) is 3.97. The summed E-state index contributed by atoms with van der Waals surface area (Å²) in [5.74, 6) is 0. The van der Waals surface area contributed by atoms with Gasteiger partial charge in [0.1, 0.15) is 0 Å². The first-order valence-corrected chi connectivity index (χ1v) is 6.90. The Hall–Kier alpha value is -2.95. The predicted molar refractivity (Wildman–Crippen MR) is 85.5 cm³/mol. The molecule has 0 saturated heterocycles. The second-order valence-electron chi connectivity index (χ2n) is 5.23. The first-order valence-electron chi connectivity index (χ1n) is 6.90. The lowest BCUT2D eigenvalue weighted by Crippen LogP contribution is -1.94. The van der Waals surface area contributed by atoms with Crippen molar-refractivity contribution in [3.05, 3.63) is 70.4 Å². The Kier molecular flexibility index (Phi) is 3.47. The molecule has 0 unspecified atom stereocenters. The monoisotopic (exact) mass is 293 g/mol. The average Bonchev–Trinajstić information content (AvgIpc) is 2.94. The summed E-state index contributed by atoms with van der Waals surface area (Å²) in [5, 5.41) is 15.6. The number of benzene rings is 2. The van der Waals surface area contributed by atoms with Gasteiger partial charge in [-0.1, -0.05) is 29.8 Å². The molecule has 2 aromatic carbocycles. The molecule has 0 radical (unpaired) electrons. The van der Waals surface area contributed by atoms with Crippen LogP contribution in [0.1, 0.15) is 5.56 Å². The molecule has 0 spiro atoms. The molecule has 5 heteroatoms. The number of aromatic nitrogens is 2. The third kappa shape index (κ3) is 2.61. The molecule has 0 amide bonds. The lowest BCUT2D eigenvalue weighted by Gasteiger charge is -2.06. The lowest BCUT2D eigenvalue weighted by molar-refractivity contribution is -0.384. The molecule has 110 valence electrons. The summed E-state index contributed by atoms with van der Waals surface area (Å²) < 4.78 is 1.64. The average molecular weight is 293 g/mol. The lowest BCUT2D eigenvalue weighted by atomic mass is 9.99. The van der Waals surface area contributed by atoms with E-state index in [-0.39, 0.29) is 10.6 Å². The molecule has 1 aromatic heterocycles. The molecule has 0 aliphatic carbocycles. The second-order valence-corrected chi connectivity index (χ2v) is 5.23. The summed E-state index contributed by atoms with van der Waals surface area (Å²) in [6.07, 6.45) is 1.78. The molecule has 0 bridgehead atoms. The van der Waals surface area contributed by atoms with Crippen LogP contribution in [0.3, 0.4) is 0 Å². The number of nitro benzene ring substituents is 1. The van der Waals surface area contributed by atoms with E-state index in [1.165, 1.54) is 5.56 Å². The van der Waals surface area contributed by atoms with Crippen molar-refractivity contribution < 1.29 is 4.92 Å². The minimum absolute atomic E-state index is 0.0644. The Labute approximate surface area is 128 Å². The van der Waals surface area contributed by atoms with Crippen molar-refractivity contribution in [2.45, 2.75) is 6.92 Å². The highest BCUT2D eigenvalue weighted by atomic mass is 16.6. The summed E-state index contributed by atoms with van der Waals surface area (Å²) in [4.78, 5) is 10.9. The maximum Gasteiger partial charge on any atom is 0.278 e. The van der Waals surface area contributed by atoms with Crippen molar-refractivity contribution in [1.29, 1.82) is 0 Å². The van der Waals surface area contributed by atoms with Crippen LogP contribution in [0.15, 0.2) is 54.7 Å². The van der Waals surface area contributed by atoms with Gasteiger partial charge in [-0.3, -0.25) is 14.8 Å². The zero-order valence-electron chi connectivity index (χ0n) is 12.4. The fraction of sp³-hybridized carbons (Fsp3) is 0.118. The molecular weight excluding hydrogens is 278 g/mol. The SMILES string of the molecule is Cc1ccc(-c2ccc([N+](=O)[O-])c(-c3ccn(C)n3)c2)cc1. The number of nitrogens with zero attached hydrogens (tertiary/aromatic N) is 3. The van der Waals surface area contributed by atoms with Gasteiger partial charge in [0.25, 0.3) is 5.69 Å². The van der Waals surface area contributed by atoms with E-state index in [9.17, 15) is 10.1 Å². The van der Waals surface area contributed by atoms with Crippen LogP contribution < -0.4 is 0 Å². The van der Waals surface area contributed by atoms with Crippen molar-refractivity contribution >= 4 is 5.69 Å². The molecule has 22 heavy (non-hydrogen) atoms. The minimum atomic E-state index is -0.372. The molecule has 1 heterocycles. The highest BCUT2D eigenvalue weighted by Gasteiger charge is 2.18. The largest absolute Gasteiger partial charge is 0.278 e. The number of rotatable bonds is 3. The summed E-state index contributed by atoms with van der Waals surface area (Å²) >= 11 is 0. The Morgan fingerprint density at radius 3 is 2.32 bits per heavy atom. The van der Waals surface area contributed by atoms with Crippen LogP contribution in [-0.4, -0.2) is 14.7 Å². The number of hydrogen-bond acceptors (Lipinski definition) is 3. The van der Waals surface area contributed by atoms with Crippen LogP contribution in [0.2, 0.25) is 0 Å². The van der Waals surface area contributed by atoms with Gasteiger partial charge in [0.15, 0.2) is 0 Å². The van der Waals surface area contributed by atoms with Crippen molar-refractivity contribution in [3.8, 4) is 22.4 Å². The van der Waals surface area contributed by atoms with E-state index in [1.807, 2.05) is 37.3 Å². The molecule has 0 saturated carbocycles. The Morgan fingerprint density at radius 2 is 1.73 bits per heavy atom. The highest BCUT2D eigenvalue weighted by Crippen LogP contribution is 2.33. The van der Waals surface area contributed by atoms with Gasteiger partial charge >= 0.3 is 0 Å².